The summed E-state index contributed by atoms with van der Waals surface area (Å²) in [6, 6.07) is 2.72. The third-order valence-electron chi connectivity index (χ3n) is 4.64. The van der Waals surface area contributed by atoms with Crippen molar-refractivity contribution >= 4 is 0 Å². The number of likely N-dealkylation sites (N-methyl/N-ethyl adjacent to an activating group) is 1. The van der Waals surface area contributed by atoms with E-state index < -0.39 is 0 Å². The van der Waals surface area contributed by atoms with Crippen LogP contribution in [0.5, 0.6) is 5.88 Å². The van der Waals surface area contributed by atoms with Crippen molar-refractivity contribution in [1.29, 1.82) is 0 Å². The molecule has 0 saturated carbocycles. The maximum absolute atomic E-state index is 6.03. The first kappa shape index (κ1) is 13.8. The lowest BCUT2D eigenvalue weighted by Gasteiger charge is -2.32. The highest BCUT2D eigenvalue weighted by Gasteiger charge is 2.21. The Hall–Kier alpha value is -1.13. The Bertz CT molecular complexity index is 475. The molecule has 1 unspecified atom stereocenters. The summed E-state index contributed by atoms with van der Waals surface area (Å²) in [4.78, 5) is 7.11. The summed E-state index contributed by atoms with van der Waals surface area (Å²) in [7, 11) is 2.19. The molecule has 20 heavy (non-hydrogen) atoms. The first-order valence-electron chi connectivity index (χ1n) is 7.82. The van der Waals surface area contributed by atoms with Gasteiger partial charge in [0.05, 0.1) is 0 Å². The minimum atomic E-state index is 0.510. The number of hydrogen-bond donors (Lipinski definition) is 1. The van der Waals surface area contributed by atoms with Gasteiger partial charge in [0.15, 0.2) is 0 Å². The molecule has 0 amide bonds. The van der Waals surface area contributed by atoms with E-state index in [0.717, 1.165) is 30.9 Å². The monoisotopic (exact) mass is 275 g/mol. The molecule has 0 radical (unpaired) electrons. The van der Waals surface area contributed by atoms with E-state index in [1.165, 1.54) is 43.5 Å². The molecule has 0 aromatic carbocycles. The van der Waals surface area contributed by atoms with Crippen LogP contribution in [0.3, 0.4) is 0 Å². The topological polar surface area (TPSA) is 51.4 Å². The zero-order chi connectivity index (χ0) is 13.9. The van der Waals surface area contributed by atoms with Gasteiger partial charge >= 0.3 is 0 Å². The van der Waals surface area contributed by atoms with Gasteiger partial charge in [-0.3, -0.25) is 0 Å². The van der Waals surface area contributed by atoms with E-state index in [1.807, 2.05) is 0 Å². The Morgan fingerprint density at radius 2 is 2.25 bits per heavy atom. The van der Waals surface area contributed by atoms with E-state index in [4.69, 9.17) is 15.5 Å². The smallest absolute Gasteiger partial charge is 0.218 e. The number of piperidine rings is 1. The molecule has 1 aromatic heterocycles. The summed E-state index contributed by atoms with van der Waals surface area (Å²) >= 11 is 0. The molecule has 1 aliphatic heterocycles. The van der Waals surface area contributed by atoms with Gasteiger partial charge < -0.3 is 15.4 Å². The number of ether oxygens (including phenoxy) is 1. The predicted molar refractivity (Wildman–Crippen MR) is 79.9 cm³/mol. The fourth-order valence-corrected chi connectivity index (χ4v) is 3.30. The Kier molecular flexibility index (Phi) is 4.22. The quantitative estimate of drug-likeness (QED) is 0.911. The predicted octanol–water partition coefficient (Wildman–Crippen LogP) is 1.89. The summed E-state index contributed by atoms with van der Waals surface area (Å²) in [6.07, 6.45) is 7.26. The number of nitrogens with zero attached hydrogens (tertiary/aromatic N) is 2. The van der Waals surface area contributed by atoms with Crippen LogP contribution in [0.2, 0.25) is 0 Å². The number of likely N-dealkylation sites (tertiary alicyclic amines) is 1. The van der Waals surface area contributed by atoms with Gasteiger partial charge in [-0.2, -0.15) is 0 Å². The molecule has 1 atom stereocenters. The normalized spacial score (nSPS) is 22.8. The van der Waals surface area contributed by atoms with Gasteiger partial charge in [0.25, 0.3) is 0 Å². The zero-order valence-corrected chi connectivity index (χ0v) is 12.4. The van der Waals surface area contributed by atoms with Gasteiger partial charge in [-0.05, 0) is 57.3 Å². The van der Waals surface area contributed by atoms with Crippen LogP contribution >= 0.6 is 0 Å². The second-order valence-electron chi connectivity index (χ2n) is 6.06. The molecule has 2 N–H and O–H groups in total. The fraction of sp³-hybridized carbons (Fsp3) is 0.688. The van der Waals surface area contributed by atoms with Crippen molar-refractivity contribution in [2.75, 3.05) is 20.2 Å². The van der Waals surface area contributed by atoms with Crippen LogP contribution < -0.4 is 10.5 Å². The molecule has 1 aliphatic carbocycles. The number of hydrogen-bond acceptors (Lipinski definition) is 4. The highest BCUT2D eigenvalue weighted by molar-refractivity contribution is 5.36. The molecular weight excluding hydrogens is 250 g/mol. The van der Waals surface area contributed by atoms with Crippen molar-refractivity contribution in [3.8, 4) is 5.88 Å². The average Bonchev–Trinajstić information content (AvgIpc) is 2.92. The van der Waals surface area contributed by atoms with E-state index in [1.54, 1.807) is 0 Å². The van der Waals surface area contributed by atoms with Crippen LogP contribution in [0.15, 0.2) is 6.07 Å². The molecule has 4 heteroatoms. The Labute approximate surface area is 121 Å². The van der Waals surface area contributed by atoms with Gasteiger partial charge in [0, 0.05) is 23.8 Å². The average molecular weight is 275 g/mol. The Morgan fingerprint density at radius 3 is 3.05 bits per heavy atom. The summed E-state index contributed by atoms with van der Waals surface area (Å²) in [5.74, 6) is 0.770. The van der Waals surface area contributed by atoms with Crippen LogP contribution in [-0.2, 0) is 19.4 Å². The standard InChI is InChI=1S/C16H25N3O/c1-19-8-3-2-6-14(19)11-20-16-13(10-17)9-12-5-4-7-15(12)18-16/h9,14H,2-8,10-11,17H2,1H3. The largest absolute Gasteiger partial charge is 0.476 e. The van der Waals surface area contributed by atoms with Crippen LogP contribution in [0, 0.1) is 0 Å². The van der Waals surface area contributed by atoms with Crippen LogP contribution in [0.25, 0.3) is 0 Å². The lowest BCUT2D eigenvalue weighted by Crippen LogP contribution is -2.40. The number of aryl methyl sites for hydroxylation is 2. The first-order valence-corrected chi connectivity index (χ1v) is 7.82. The van der Waals surface area contributed by atoms with E-state index in [2.05, 4.69) is 18.0 Å². The van der Waals surface area contributed by atoms with E-state index in [9.17, 15) is 0 Å². The van der Waals surface area contributed by atoms with Gasteiger partial charge in [-0.1, -0.05) is 6.42 Å². The summed E-state index contributed by atoms with van der Waals surface area (Å²) in [6.45, 7) is 2.42. The molecule has 1 aromatic rings. The van der Waals surface area contributed by atoms with Crippen molar-refractivity contribution in [2.24, 2.45) is 5.73 Å². The van der Waals surface area contributed by atoms with Crippen LogP contribution in [0.1, 0.15) is 42.5 Å². The maximum Gasteiger partial charge on any atom is 0.218 e. The SMILES string of the molecule is CN1CCCCC1COc1nc2c(cc1CN)CCC2. The van der Waals surface area contributed by atoms with Crippen molar-refractivity contribution < 1.29 is 4.74 Å². The van der Waals surface area contributed by atoms with Crippen molar-refractivity contribution in [2.45, 2.75) is 51.1 Å². The molecule has 3 rings (SSSR count). The van der Waals surface area contributed by atoms with Gasteiger partial charge in [-0.25, -0.2) is 4.98 Å². The number of rotatable bonds is 4. The van der Waals surface area contributed by atoms with Gasteiger partial charge in [-0.15, -0.1) is 0 Å². The molecular formula is C16H25N3O. The van der Waals surface area contributed by atoms with E-state index in [0.29, 0.717) is 12.6 Å². The molecule has 1 saturated heterocycles. The Balaban J connectivity index is 1.70. The van der Waals surface area contributed by atoms with Crippen molar-refractivity contribution in [1.82, 2.24) is 9.88 Å². The summed E-state index contributed by atoms with van der Waals surface area (Å²) in [5.41, 5.74) is 9.49. The Morgan fingerprint density at radius 1 is 1.35 bits per heavy atom. The summed E-state index contributed by atoms with van der Waals surface area (Å²) < 4.78 is 6.03. The number of aromatic nitrogens is 1. The summed E-state index contributed by atoms with van der Waals surface area (Å²) in [5, 5.41) is 0. The molecule has 2 aliphatic rings. The zero-order valence-electron chi connectivity index (χ0n) is 12.4. The molecule has 110 valence electrons. The highest BCUT2D eigenvalue weighted by atomic mass is 16.5. The van der Waals surface area contributed by atoms with Crippen molar-refractivity contribution in [3.05, 3.63) is 22.9 Å². The lowest BCUT2D eigenvalue weighted by molar-refractivity contribution is 0.122. The van der Waals surface area contributed by atoms with Gasteiger partial charge in [0.1, 0.15) is 6.61 Å². The minimum absolute atomic E-state index is 0.510. The second-order valence-corrected chi connectivity index (χ2v) is 6.06. The molecule has 1 fully saturated rings. The number of fused-ring (bicyclic) bond motifs is 1. The highest BCUT2D eigenvalue weighted by Crippen LogP contribution is 2.27. The van der Waals surface area contributed by atoms with E-state index in [-0.39, 0.29) is 0 Å². The number of pyridine rings is 1. The molecule has 0 bridgehead atoms. The maximum atomic E-state index is 6.03. The lowest BCUT2D eigenvalue weighted by atomic mass is 10.0. The van der Waals surface area contributed by atoms with Crippen LogP contribution in [-0.4, -0.2) is 36.1 Å². The minimum Gasteiger partial charge on any atom is -0.476 e. The fourth-order valence-electron chi connectivity index (χ4n) is 3.30. The first-order chi connectivity index (χ1) is 9.78. The number of nitrogens with two attached hydrogens (primary N) is 1. The third-order valence-corrected chi connectivity index (χ3v) is 4.64. The van der Waals surface area contributed by atoms with Crippen molar-refractivity contribution in [3.63, 3.8) is 0 Å². The molecule has 2 heterocycles. The van der Waals surface area contributed by atoms with Crippen LogP contribution in [0.4, 0.5) is 0 Å². The van der Waals surface area contributed by atoms with E-state index >= 15 is 0 Å². The molecule has 4 nitrogen and oxygen atoms in total. The third kappa shape index (κ3) is 2.81. The molecule has 0 spiro atoms. The second kappa shape index (κ2) is 6.10. The van der Waals surface area contributed by atoms with Gasteiger partial charge in [0.2, 0.25) is 5.88 Å².